The Morgan fingerprint density at radius 2 is 2.11 bits per heavy atom. The van der Waals surface area contributed by atoms with Crippen LogP contribution in [0.5, 0.6) is 0 Å². The van der Waals surface area contributed by atoms with Gasteiger partial charge in [0.1, 0.15) is 5.65 Å². The summed E-state index contributed by atoms with van der Waals surface area (Å²) in [5.41, 5.74) is 5.26. The maximum Gasteiger partial charge on any atom is 0.137 e. The van der Waals surface area contributed by atoms with Crippen molar-refractivity contribution in [2.75, 3.05) is 0 Å². The van der Waals surface area contributed by atoms with Crippen molar-refractivity contribution in [2.24, 2.45) is 0 Å². The molecule has 4 aromatic heterocycles. The minimum atomic E-state index is 0.892. The van der Waals surface area contributed by atoms with Crippen molar-refractivity contribution in [1.82, 2.24) is 24.8 Å². The van der Waals surface area contributed by atoms with Crippen molar-refractivity contribution in [2.45, 2.75) is 6.92 Å². The van der Waals surface area contributed by atoms with Gasteiger partial charge < -0.3 is 4.98 Å². The van der Waals surface area contributed by atoms with Gasteiger partial charge in [-0.3, -0.25) is 0 Å². The maximum atomic E-state index is 4.39. The summed E-state index contributed by atoms with van der Waals surface area (Å²) in [5.74, 6) is 0. The van der Waals surface area contributed by atoms with Crippen molar-refractivity contribution < 1.29 is 0 Å². The molecule has 0 unspecified atom stereocenters. The lowest BCUT2D eigenvalue weighted by Gasteiger charge is -2.05. The fraction of sp³-hybridized carbons (Fsp3) is 0.0714. The van der Waals surface area contributed by atoms with Crippen LogP contribution in [0.25, 0.3) is 27.7 Å². The summed E-state index contributed by atoms with van der Waals surface area (Å²) < 4.78 is 1.65. The molecule has 0 aliphatic heterocycles. The van der Waals surface area contributed by atoms with E-state index >= 15 is 0 Å². The van der Waals surface area contributed by atoms with Gasteiger partial charge in [0.25, 0.3) is 0 Å². The molecule has 4 heterocycles. The number of pyridine rings is 1. The molecule has 0 saturated heterocycles. The highest BCUT2D eigenvalue weighted by Crippen LogP contribution is 2.32. The number of H-pyrrole nitrogens is 1. The number of aromatic amines is 1. The Labute approximate surface area is 108 Å². The minimum Gasteiger partial charge on any atom is -0.346 e. The van der Waals surface area contributed by atoms with E-state index in [4.69, 9.17) is 0 Å². The van der Waals surface area contributed by atoms with Crippen molar-refractivity contribution >= 4 is 16.6 Å². The normalized spacial score (nSPS) is 11.4. The Hall–Kier alpha value is -2.69. The number of hydrogen-bond donors (Lipinski definition) is 1. The van der Waals surface area contributed by atoms with E-state index in [1.807, 2.05) is 36.8 Å². The quantitative estimate of drug-likeness (QED) is 0.564. The molecule has 0 amide bonds. The lowest BCUT2D eigenvalue weighted by molar-refractivity contribution is 0.800. The molecule has 5 heteroatoms. The fourth-order valence-corrected chi connectivity index (χ4v) is 2.49. The first kappa shape index (κ1) is 10.3. The van der Waals surface area contributed by atoms with Crippen LogP contribution in [-0.2, 0) is 0 Å². The molecule has 0 fully saturated rings. The Balaban J connectivity index is 2.14. The van der Waals surface area contributed by atoms with Gasteiger partial charge in [-0.15, -0.1) is 0 Å². The van der Waals surface area contributed by atoms with Gasteiger partial charge in [-0.2, -0.15) is 14.8 Å². The molecule has 0 aromatic carbocycles. The molecular formula is C14H11N5. The first-order valence-electron chi connectivity index (χ1n) is 6.07. The smallest absolute Gasteiger partial charge is 0.137 e. The Morgan fingerprint density at radius 3 is 3.05 bits per heavy atom. The molecule has 0 spiro atoms. The molecular weight excluding hydrogens is 238 g/mol. The lowest BCUT2D eigenvalue weighted by atomic mass is 10.0. The summed E-state index contributed by atoms with van der Waals surface area (Å²) in [5, 5.41) is 9.62. The second-order valence-corrected chi connectivity index (χ2v) is 4.51. The highest BCUT2D eigenvalue weighted by molar-refractivity contribution is 5.98. The predicted molar refractivity (Wildman–Crippen MR) is 72.8 cm³/mol. The first-order chi connectivity index (χ1) is 9.34. The molecule has 0 atom stereocenters. The third kappa shape index (κ3) is 1.38. The summed E-state index contributed by atoms with van der Waals surface area (Å²) in [6.07, 6.45) is 7.38. The number of rotatable bonds is 1. The van der Waals surface area contributed by atoms with E-state index in [2.05, 4.69) is 27.1 Å². The molecule has 4 aromatic rings. The average Bonchev–Trinajstić information content (AvgIpc) is 3.05. The van der Waals surface area contributed by atoms with E-state index in [0.29, 0.717) is 0 Å². The summed E-state index contributed by atoms with van der Waals surface area (Å²) in [7, 11) is 0. The van der Waals surface area contributed by atoms with Gasteiger partial charge in [0.2, 0.25) is 0 Å². The number of nitrogens with zero attached hydrogens (tertiary/aromatic N) is 4. The van der Waals surface area contributed by atoms with E-state index in [9.17, 15) is 0 Å². The van der Waals surface area contributed by atoms with E-state index in [-0.39, 0.29) is 0 Å². The monoisotopic (exact) mass is 249 g/mol. The average molecular weight is 249 g/mol. The minimum absolute atomic E-state index is 0.892. The zero-order valence-electron chi connectivity index (χ0n) is 10.3. The topological polar surface area (TPSA) is 58.9 Å². The molecule has 0 bridgehead atoms. The van der Waals surface area contributed by atoms with Crippen LogP contribution in [0.2, 0.25) is 0 Å². The van der Waals surface area contributed by atoms with Gasteiger partial charge in [0.05, 0.1) is 11.7 Å². The molecule has 0 radical (unpaired) electrons. The summed E-state index contributed by atoms with van der Waals surface area (Å²) in [6.45, 7) is 2.06. The highest BCUT2D eigenvalue weighted by atomic mass is 15.4. The predicted octanol–water partition coefficient (Wildman–Crippen LogP) is 2.58. The highest BCUT2D eigenvalue weighted by Gasteiger charge is 2.13. The van der Waals surface area contributed by atoms with Crippen LogP contribution in [0.1, 0.15) is 5.56 Å². The number of nitrogens with one attached hydrogen (secondary N) is 1. The first-order valence-corrected chi connectivity index (χ1v) is 6.07. The maximum absolute atomic E-state index is 4.39. The molecule has 5 nitrogen and oxygen atoms in total. The van der Waals surface area contributed by atoms with Crippen LogP contribution < -0.4 is 0 Å². The number of aryl methyl sites for hydroxylation is 1. The van der Waals surface area contributed by atoms with Gasteiger partial charge >= 0.3 is 0 Å². The summed E-state index contributed by atoms with van der Waals surface area (Å²) in [4.78, 5) is 7.54. The van der Waals surface area contributed by atoms with Gasteiger partial charge in [0, 0.05) is 35.1 Å². The van der Waals surface area contributed by atoms with Gasteiger partial charge in [-0.25, -0.2) is 4.98 Å². The van der Waals surface area contributed by atoms with Crippen molar-refractivity contribution in [3.63, 3.8) is 0 Å². The third-order valence-electron chi connectivity index (χ3n) is 3.35. The van der Waals surface area contributed by atoms with Gasteiger partial charge in [-0.05, 0) is 30.7 Å². The van der Waals surface area contributed by atoms with Crippen LogP contribution in [0.3, 0.4) is 0 Å². The van der Waals surface area contributed by atoms with Gasteiger partial charge in [0.15, 0.2) is 0 Å². The Morgan fingerprint density at radius 1 is 1.16 bits per heavy atom. The molecule has 92 valence electrons. The van der Waals surface area contributed by atoms with Gasteiger partial charge in [-0.1, -0.05) is 0 Å². The summed E-state index contributed by atoms with van der Waals surface area (Å²) in [6, 6.07) is 5.99. The van der Waals surface area contributed by atoms with E-state index in [1.54, 1.807) is 10.8 Å². The van der Waals surface area contributed by atoms with Crippen LogP contribution in [0.4, 0.5) is 0 Å². The number of hydrogen-bond acceptors (Lipinski definition) is 3. The van der Waals surface area contributed by atoms with Crippen LogP contribution >= 0.6 is 0 Å². The lowest BCUT2D eigenvalue weighted by Crippen LogP contribution is -1.91. The van der Waals surface area contributed by atoms with Crippen LogP contribution in [0, 0.1) is 6.92 Å². The van der Waals surface area contributed by atoms with Crippen molar-refractivity contribution in [3.05, 3.63) is 48.5 Å². The molecule has 19 heavy (non-hydrogen) atoms. The fourth-order valence-electron chi connectivity index (χ4n) is 2.49. The molecule has 0 aliphatic rings. The van der Waals surface area contributed by atoms with E-state index in [0.717, 1.165) is 33.2 Å². The Kier molecular flexibility index (Phi) is 1.97. The largest absolute Gasteiger partial charge is 0.346 e. The van der Waals surface area contributed by atoms with Crippen LogP contribution in [0.15, 0.2) is 43.0 Å². The molecule has 0 aliphatic carbocycles. The summed E-state index contributed by atoms with van der Waals surface area (Å²) >= 11 is 0. The third-order valence-corrected chi connectivity index (χ3v) is 3.35. The number of fused-ring (bicyclic) bond motifs is 2. The van der Waals surface area contributed by atoms with E-state index < -0.39 is 0 Å². The zero-order valence-corrected chi connectivity index (χ0v) is 10.3. The van der Waals surface area contributed by atoms with Crippen molar-refractivity contribution in [1.29, 1.82) is 0 Å². The standard InChI is InChI=1S/C14H11N5/c1-9-7-16-14-10(4-6-15-14)13(9)11-8-18-19-12(11)3-2-5-17-19/h2-8H,1H3,(H,15,16). The molecule has 4 rings (SSSR count). The zero-order chi connectivity index (χ0) is 12.8. The van der Waals surface area contributed by atoms with Crippen LogP contribution in [-0.4, -0.2) is 24.8 Å². The van der Waals surface area contributed by atoms with E-state index in [1.165, 1.54) is 0 Å². The number of aromatic nitrogens is 5. The SMILES string of the molecule is Cc1cnc2[nH]ccc2c1-c1cnn2ncccc12. The second-order valence-electron chi connectivity index (χ2n) is 4.51. The molecule has 0 saturated carbocycles. The van der Waals surface area contributed by atoms with Crippen molar-refractivity contribution in [3.8, 4) is 11.1 Å². The second kappa shape index (κ2) is 3.65. The Bertz CT molecular complexity index is 887. The molecule has 1 N–H and O–H groups in total.